The summed E-state index contributed by atoms with van der Waals surface area (Å²) >= 11 is 0. The van der Waals surface area contributed by atoms with E-state index < -0.39 is 5.60 Å². The number of hydrogen-bond donors (Lipinski definition) is 1. The van der Waals surface area contributed by atoms with E-state index in [0.717, 1.165) is 18.8 Å². The number of hydrogen-bond acceptors (Lipinski definition) is 1. The van der Waals surface area contributed by atoms with Crippen LogP contribution in [0.2, 0.25) is 0 Å². The van der Waals surface area contributed by atoms with Gasteiger partial charge in [-0.1, -0.05) is 31.0 Å². The fourth-order valence-electron chi connectivity index (χ4n) is 2.52. The Kier molecular flexibility index (Phi) is 3.07. The minimum Gasteiger partial charge on any atom is -0.390 e. The fourth-order valence-corrected chi connectivity index (χ4v) is 2.52. The number of aryl methyl sites for hydroxylation is 2. The minimum absolute atomic E-state index is 0.530. The van der Waals surface area contributed by atoms with Gasteiger partial charge in [0, 0.05) is 6.42 Å². The fraction of sp³-hybridized carbons (Fsp3) is 0.600. The Morgan fingerprint density at radius 3 is 2.31 bits per heavy atom. The van der Waals surface area contributed by atoms with Crippen LogP contribution in [-0.2, 0) is 6.42 Å². The Labute approximate surface area is 98.5 Å². The van der Waals surface area contributed by atoms with Crippen molar-refractivity contribution in [1.29, 1.82) is 0 Å². The van der Waals surface area contributed by atoms with E-state index in [0.29, 0.717) is 0 Å². The van der Waals surface area contributed by atoms with E-state index in [1.807, 2.05) is 6.92 Å². The maximum atomic E-state index is 10.4. The molecule has 1 aromatic rings. The molecule has 1 fully saturated rings. The van der Waals surface area contributed by atoms with Crippen LogP contribution < -0.4 is 0 Å². The van der Waals surface area contributed by atoms with E-state index in [1.165, 1.54) is 29.5 Å². The van der Waals surface area contributed by atoms with Crippen molar-refractivity contribution >= 4 is 0 Å². The van der Waals surface area contributed by atoms with Gasteiger partial charge < -0.3 is 5.11 Å². The lowest BCUT2D eigenvalue weighted by Gasteiger charge is -2.25. The summed E-state index contributed by atoms with van der Waals surface area (Å²) in [6, 6.07) is 6.36. The molecule has 0 amide bonds. The van der Waals surface area contributed by atoms with Crippen molar-refractivity contribution in [3.63, 3.8) is 0 Å². The highest BCUT2D eigenvalue weighted by atomic mass is 16.3. The second-order valence-corrected chi connectivity index (χ2v) is 5.69. The van der Waals surface area contributed by atoms with Crippen molar-refractivity contribution in [3.05, 3.63) is 34.9 Å². The van der Waals surface area contributed by atoms with E-state index in [9.17, 15) is 5.11 Å². The van der Waals surface area contributed by atoms with Crippen LogP contribution >= 0.6 is 0 Å². The van der Waals surface area contributed by atoms with E-state index in [1.54, 1.807) is 0 Å². The van der Waals surface area contributed by atoms with Crippen LogP contribution in [0.25, 0.3) is 0 Å². The molecule has 0 heterocycles. The highest BCUT2D eigenvalue weighted by Crippen LogP contribution is 2.38. The lowest BCUT2D eigenvalue weighted by atomic mass is 9.87. The first kappa shape index (κ1) is 11.7. The second-order valence-electron chi connectivity index (χ2n) is 5.69. The largest absolute Gasteiger partial charge is 0.390 e. The average Bonchev–Trinajstić information content (AvgIpc) is 2.95. The first-order chi connectivity index (χ1) is 7.48. The van der Waals surface area contributed by atoms with Gasteiger partial charge in [0.2, 0.25) is 0 Å². The van der Waals surface area contributed by atoms with E-state index in [4.69, 9.17) is 0 Å². The molecular formula is C15H22O. The molecule has 0 radical (unpaired) electrons. The second kappa shape index (κ2) is 4.21. The summed E-state index contributed by atoms with van der Waals surface area (Å²) < 4.78 is 0. The van der Waals surface area contributed by atoms with E-state index in [-0.39, 0.29) is 0 Å². The molecule has 16 heavy (non-hydrogen) atoms. The average molecular weight is 218 g/mol. The molecular weight excluding hydrogens is 196 g/mol. The van der Waals surface area contributed by atoms with Gasteiger partial charge in [-0.25, -0.2) is 0 Å². The molecule has 1 N–H and O–H groups in total. The molecule has 0 aliphatic heterocycles. The van der Waals surface area contributed by atoms with Crippen LogP contribution in [0.4, 0.5) is 0 Å². The molecule has 1 aliphatic carbocycles. The molecule has 0 aromatic heterocycles. The summed E-state index contributed by atoms with van der Waals surface area (Å²) in [6.07, 6.45) is 4.37. The summed E-state index contributed by atoms with van der Waals surface area (Å²) in [6.45, 7) is 6.25. The molecule has 1 aromatic carbocycles. The van der Waals surface area contributed by atoms with Crippen LogP contribution in [0.5, 0.6) is 0 Å². The smallest absolute Gasteiger partial charge is 0.0662 e. The highest BCUT2D eigenvalue weighted by molar-refractivity contribution is 5.34. The zero-order chi connectivity index (χ0) is 11.8. The molecule has 0 spiro atoms. The molecule has 1 nitrogen and oxygen atoms in total. The van der Waals surface area contributed by atoms with E-state index >= 15 is 0 Å². The Balaban J connectivity index is 2.12. The first-order valence-corrected chi connectivity index (χ1v) is 6.25. The summed E-state index contributed by atoms with van der Waals surface area (Å²) in [4.78, 5) is 0. The van der Waals surface area contributed by atoms with Crippen LogP contribution in [0.15, 0.2) is 18.2 Å². The molecule has 2 rings (SSSR count). The van der Waals surface area contributed by atoms with Gasteiger partial charge in [0.15, 0.2) is 0 Å². The first-order valence-electron chi connectivity index (χ1n) is 6.25. The van der Waals surface area contributed by atoms with E-state index in [2.05, 4.69) is 32.0 Å². The Bertz CT molecular complexity index is 355. The lowest BCUT2D eigenvalue weighted by Crippen LogP contribution is -2.28. The summed E-state index contributed by atoms with van der Waals surface area (Å²) in [5.74, 6) is 0.777. The van der Waals surface area contributed by atoms with Crippen molar-refractivity contribution in [2.24, 2.45) is 5.92 Å². The van der Waals surface area contributed by atoms with Gasteiger partial charge in [-0.3, -0.25) is 0 Å². The van der Waals surface area contributed by atoms with Crippen molar-refractivity contribution in [2.75, 3.05) is 0 Å². The Morgan fingerprint density at radius 2 is 1.81 bits per heavy atom. The van der Waals surface area contributed by atoms with Crippen molar-refractivity contribution in [3.8, 4) is 0 Å². The van der Waals surface area contributed by atoms with Gasteiger partial charge in [0.05, 0.1) is 5.60 Å². The minimum atomic E-state index is -0.530. The standard InChI is InChI=1S/C15H22O/c1-11-5-4-6-12(2)14(11)10-15(3,16)9-13-7-8-13/h4-6,13,16H,7-10H2,1-3H3. The Morgan fingerprint density at radius 1 is 1.25 bits per heavy atom. The Hall–Kier alpha value is -0.820. The molecule has 1 saturated carbocycles. The van der Waals surface area contributed by atoms with Crippen molar-refractivity contribution in [1.82, 2.24) is 0 Å². The van der Waals surface area contributed by atoms with Crippen molar-refractivity contribution < 1.29 is 5.11 Å². The maximum Gasteiger partial charge on any atom is 0.0662 e. The molecule has 0 bridgehead atoms. The normalized spacial score (nSPS) is 19.5. The quantitative estimate of drug-likeness (QED) is 0.821. The third-order valence-electron chi connectivity index (χ3n) is 3.63. The SMILES string of the molecule is Cc1cccc(C)c1CC(C)(O)CC1CC1. The topological polar surface area (TPSA) is 20.2 Å². The summed E-state index contributed by atoms with van der Waals surface area (Å²) in [7, 11) is 0. The molecule has 1 atom stereocenters. The van der Waals surface area contributed by atoms with Crippen molar-refractivity contribution in [2.45, 2.75) is 52.1 Å². The maximum absolute atomic E-state index is 10.4. The van der Waals surface area contributed by atoms with Crippen LogP contribution in [0.3, 0.4) is 0 Å². The monoisotopic (exact) mass is 218 g/mol. The number of rotatable bonds is 4. The predicted molar refractivity (Wildman–Crippen MR) is 67.6 cm³/mol. The van der Waals surface area contributed by atoms with Gasteiger partial charge in [0.25, 0.3) is 0 Å². The van der Waals surface area contributed by atoms with Gasteiger partial charge in [-0.05, 0) is 49.8 Å². The lowest BCUT2D eigenvalue weighted by molar-refractivity contribution is 0.0452. The third-order valence-corrected chi connectivity index (χ3v) is 3.63. The molecule has 88 valence electrons. The molecule has 1 heteroatoms. The van der Waals surface area contributed by atoms with Crippen LogP contribution in [0, 0.1) is 19.8 Å². The summed E-state index contributed by atoms with van der Waals surface area (Å²) in [5, 5.41) is 10.4. The predicted octanol–water partition coefficient (Wildman–Crippen LogP) is 3.40. The van der Waals surface area contributed by atoms with Crippen LogP contribution in [0.1, 0.15) is 42.9 Å². The summed E-state index contributed by atoms with van der Waals surface area (Å²) in [5.41, 5.74) is 3.40. The van der Waals surface area contributed by atoms with Gasteiger partial charge in [-0.2, -0.15) is 0 Å². The number of benzene rings is 1. The van der Waals surface area contributed by atoms with Crippen LogP contribution in [-0.4, -0.2) is 10.7 Å². The number of aliphatic hydroxyl groups is 1. The molecule has 0 saturated heterocycles. The zero-order valence-electron chi connectivity index (χ0n) is 10.6. The van der Waals surface area contributed by atoms with Gasteiger partial charge >= 0.3 is 0 Å². The third kappa shape index (κ3) is 2.85. The molecule has 1 unspecified atom stereocenters. The van der Waals surface area contributed by atoms with Gasteiger partial charge in [-0.15, -0.1) is 0 Å². The highest BCUT2D eigenvalue weighted by Gasteiger charge is 2.32. The molecule has 1 aliphatic rings. The zero-order valence-corrected chi connectivity index (χ0v) is 10.6. The van der Waals surface area contributed by atoms with Gasteiger partial charge in [0.1, 0.15) is 0 Å².